The first-order chi connectivity index (χ1) is 24.3. The van der Waals surface area contributed by atoms with Gasteiger partial charge in [0.25, 0.3) is 0 Å². The lowest BCUT2D eigenvalue weighted by molar-refractivity contribution is -0.134. The molecule has 2 aromatic carbocycles. The molecule has 7 rings (SSSR count). The lowest BCUT2D eigenvalue weighted by atomic mass is 9.90. The van der Waals surface area contributed by atoms with Crippen LogP contribution in [0.15, 0.2) is 53.6 Å². The first kappa shape index (κ1) is 34.6. The third kappa shape index (κ3) is 6.79. The molecule has 1 unspecified atom stereocenters. The number of piperidine rings is 2. The molecule has 268 valence electrons. The number of halogens is 1. The first-order valence-corrected chi connectivity index (χ1v) is 17.8. The van der Waals surface area contributed by atoms with E-state index in [2.05, 4.69) is 55.2 Å². The Morgan fingerprint density at radius 1 is 1.04 bits per heavy atom. The molecule has 0 saturated carbocycles. The minimum Gasteiger partial charge on any atom is -0.390 e. The molecule has 14 heteroatoms. The van der Waals surface area contributed by atoms with E-state index in [1.54, 1.807) is 36.2 Å². The Morgan fingerprint density at radius 3 is 2.53 bits per heavy atom. The number of nitrogens with zero attached hydrogens (tertiary/aromatic N) is 7. The highest BCUT2D eigenvalue weighted by Crippen LogP contribution is 2.35. The second kappa shape index (κ2) is 13.3. The Labute approximate surface area is 300 Å². The minimum atomic E-state index is -0.895. The third-order valence-corrected chi connectivity index (χ3v) is 10.7. The molecule has 5 heterocycles. The number of imide groups is 1. The molecule has 2 fully saturated rings. The average molecular weight is 714 g/mol. The van der Waals surface area contributed by atoms with Crippen LogP contribution in [0.5, 0.6) is 0 Å². The van der Waals surface area contributed by atoms with Crippen LogP contribution in [-0.2, 0) is 30.2 Å². The van der Waals surface area contributed by atoms with Gasteiger partial charge in [0.05, 0.1) is 34.3 Å². The second-order valence-electron chi connectivity index (χ2n) is 14.5. The van der Waals surface area contributed by atoms with Crippen LogP contribution in [0.4, 0.5) is 23.1 Å². The van der Waals surface area contributed by atoms with Crippen molar-refractivity contribution in [2.75, 3.05) is 35.3 Å². The van der Waals surface area contributed by atoms with Crippen LogP contribution in [0.2, 0.25) is 5.02 Å². The predicted octanol–water partition coefficient (Wildman–Crippen LogP) is 4.81. The Morgan fingerprint density at radius 2 is 1.80 bits per heavy atom. The van der Waals surface area contributed by atoms with Crippen molar-refractivity contribution in [1.29, 1.82) is 0 Å². The van der Waals surface area contributed by atoms with Gasteiger partial charge in [-0.05, 0) is 75.4 Å². The van der Waals surface area contributed by atoms with Crippen molar-refractivity contribution in [3.8, 4) is 0 Å². The molecule has 0 spiro atoms. The topological polar surface area (TPSA) is 143 Å². The maximum Gasteiger partial charge on any atom is 0.328 e. The SMILES string of the molecule is CN(c1ccc2c(C3CCC(=O)NC3=O)cn(C)c2c1)C1CCN(c2ncc(Cl)c(Nc3ccc4c(c3)n(CCC(C)(C)O)c(=O)n4C)n2)CC1. The number of hydrogen-bond acceptors (Lipinski definition) is 9. The van der Waals surface area contributed by atoms with Gasteiger partial charge in [-0.3, -0.25) is 24.0 Å². The van der Waals surface area contributed by atoms with Gasteiger partial charge in [-0.25, -0.2) is 9.78 Å². The zero-order chi connectivity index (χ0) is 36.2. The Bertz CT molecular complexity index is 2210. The molecular weight excluding hydrogens is 670 g/mol. The number of aliphatic hydroxyl groups is 1. The van der Waals surface area contributed by atoms with Gasteiger partial charge in [0.15, 0.2) is 5.82 Å². The summed E-state index contributed by atoms with van der Waals surface area (Å²) >= 11 is 6.57. The number of carbonyl (C=O) groups is 2. The first-order valence-electron chi connectivity index (χ1n) is 17.4. The molecule has 5 aromatic rings. The highest BCUT2D eigenvalue weighted by Gasteiger charge is 2.31. The van der Waals surface area contributed by atoms with E-state index in [0.717, 1.165) is 64.8 Å². The predicted molar refractivity (Wildman–Crippen MR) is 200 cm³/mol. The van der Waals surface area contributed by atoms with Gasteiger partial charge in [0, 0.05) is 76.2 Å². The smallest absolute Gasteiger partial charge is 0.328 e. The number of benzene rings is 2. The molecule has 2 aliphatic heterocycles. The highest BCUT2D eigenvalue weighted by atomic mass is 35.5. The van der Waals surface area contributed by atoms with Gasteiger partial charge in [0.1, 0.15) is 5.02 Å². The summed E-state index contributed by atoms with van der Waals surface area (Å²) in [5.74, 6) is 0.318. The van der Waals surface area contributed by atoms with Gasteiger partial charge in [-0.1, -0.05) is 17.7 Å². The average Bonchev–Trinajstić information content (AvgIpc) is 3.55. The van der Waals surface area contributed by atoms with Crippen LogP contribution in [0.3, 0.4) is 0 Å². The Balaban J connectivity index is 1.03. The van der Waals surface area contributed by atoms with E-state index in [1.165, 1.54) is 0 Å². The summed E-state index contributed by atoms with van der Waals surface area (Å²) in [6, 6.07) is 12.4. The number of anilines is 4. The van der Waals surface area contributed by atoms with Gasteiger partial charge in [-0.15, -0.1) is 0 Å². The fraction of sp³-hybridized carbons (Fsp3) is 0.432. The van der Waals surface area contributed by atoms with E-state index in [0.29, 0.717) is 48.6 Å². The highest BCUT2D eigenvalue weighted by molar-refractivity contribution is 6.33. The molecule has 0 aliphatic carbocycles. The van der Waals surface area contributed by atoms with Gasteiger partial charge in [0.2, 0.25) is 17.8 Å². The summed E-state index contributed by atoms with van der Waals surface area (Å²) in [6.07, 6.45) is 6.76. The summed E-state index contributed by atoms with van der Waals surface area (Å²) < 4.78 is 5.36. The second-order valence-corrected chi connectivity index (χ2v) is 14.9. The van der Waals surface area contributed by atoms with Crippen LogP contribution in [-0.4, -0.2) is 72.4 Å². The number of rotatable bonds is 9. The molecule has 2 aliphatic rings. The number of hydrogen-bond donors (Lipinski definition) is 3. The number of nitrogens with one attached hydrogen (secondary N) is 2. The summed E-state index contributed by atoms with van der Waals surface area (Å²) in [5, 5.41) is 17.5. The molecule has 3 aromatic heterocycles. The van der Waals surface area contributed by atoms with Crippen LogP contribution in [0.25, 0.3) is 21.9 Å². The fourth-order valence-corrected chi connectivity index (χ4v) is 7.52. The molecule has 51 heavy (non-hydrogen) atoms. The number of imidazole rings is 1. The van der Waals surface area contributed by atoms with E-state index < -0.39 is 5.60 Å². The number of amides is 2. The minimum absolute atomic E-state index is 0.137. The largest absolute Gasteiger partial charge is 0.390 e. The van der Waals surface area contributed by atoms with Crippen LogP contribution < -0.4 is 26.1 Å². The van der Waals surface area contributed by atoms with E-state index in [1.807, 2.05) is 31.4 Å². The zero-order valence-electron chi connectivity index (χ0n) is 29.6. The zero-order valence-corrected chi connectivity index (χ0v) is 30.4. The van der Waals surface area contributed by atoms with Crippen molar-refractivity contribution in [2.24, 2.45) is 14.1 Å². The van der Waals surface area contributed by atoms with E-state index in [-0.39, 0.29) is 23.4 Å². The molecule has 0 radical (unpaired) electrons. The van der Waals surface area contributed by atoms with Crippen molar-refractivity contribution in [3.63, 3.8) is 0 Å². The van der Waals surface area contributed by atoms with Gasteiger partial charge >= 0.3 is 5.69 Å². The van der Waals surface area contributed by atoms with E-state index in [9.17, 15) is 19.5 Å². The van der Waals surface area contributed by atoms with Crippen LogP contribution >= 0.6 is 11.6 Å². The fourth-order valence-electron chi connectivity index (χ4n) is 7.38. The lowest BCUT2D eigenvalue weighted by Gasteiger charge is -2.38. The van der Waals surface area contributed by atoms with Crippen LogP contribution in [0, 0.1) is 0 Å². The summed E-state index contributed by atoms with van der Waals surface area (Å²) in [7, 11) is 5.86. The number of fused-ring (bicyclic) bond motifs is 2. The maximum absolute atomic E-state index is 13.0. The monoisotopic (exact) mass is 713 g/mol. The molecule has 0 bridgehead atoms. The summed E-state index contributed by atoms with van der Waals surface area (Å²) in [4.78, 5) is 51.2. The van der Waals surface area contributed by atoms with E-state index in [4.69, 9.17) is 16.6 Å². The molecule has 2 saturated heterocycles. The lowest BCUT2D eigenvalue weighted by Crippen LogP contribution is -2.44. The van der Waals surface area contributed by atoms with Crippen molar-refractivity contribution >= 4 is 68.5 Å². The molecule has 1 atom stereocenters. The summed E-state index contributed by atoms with van der Waals surface area (Å²) in [6.45, 7) is 5.40. The Kier molecular flexibility index (Phi) is 9.05. The quantitative estimate of drug-likeness (QED) is 0.184. The molecular formula is C37H44ClN9O4. The number of aryl methyl sites for hydroxylation is 3. The van der Waals surface area contributed by atoms with Crippen molar-refractivity contribution in [2.45, 2.75) is 70.1 Å². The molecule has 3 N–H and O–H groups in total. The molecule has 2 amide bonds. The van der Waals surface area contributed by atoms with Crippen molar-refractivity contribution in [1.82, 2.24) is 29.0 Å². The van der Waals surface area contributed by atoms with Gasteiger partial charge < -0.3 is 24.8 Å². The van der Waals surface area contributed by atoms with E-state index >= 15 is 0 Å². The summed E-state index contributed by atoms with van der Waals surface area (Å²) in [5.41, 5.74) is 4.37. The number of aromatic nitrogens is 5. The maximum atomic E-state index is 13.0. The Hall–Kier alpha value is -4.88. The molecule has 13 nitrogen and oxygen atoms in total. The van der Waals surface area contributed by atoms with Crippen molar-refractivity contribution in [3.05, 3.63) is 69.9 Å². The third-order valence-electron chi connectivity index (χ3n) is 10.4. The van der Waals surface area contributed by atoms with Crippen LogP contribution in [0.1, 0.15) is 57.4 Å². The van der Waals surface area contributed by atoms with Gasteiger partial charge in [-0.2, -0.15) is 4.98 Å². The number of carbonyl (C=O) groups excluding carboxylic acids is 2. The normalized spacial score (nSPS) is 17.4. The van der Waals surface area contributed by atoms with Crippen molar-refractivity contribution < 1.29 is 14.7 Å². The standard InChI is InChI=1S/C37H44ClN9O4/c1-37(2,51)14-17-47-31-18-22(6-10-29(31)45(5)36(47)50)40-33-28(38)20-39-35(42-33)46-15-12-23(13-16-46)44(4)24-7-8-25-27(21-43(3)30(25)19-24)26-9-11-32(48)41-34(26)49/h6-8,10,18-21,23,26,51H,9,11-17H2,1-5H3,(H,39,40,42)(H,41,48,49).